The number of allylic oxidation sites excluding steroid dienone is 1. The molecule has 0 heterocycles. The smallest absolute Gasteiger partial charge is 0.165 e. The van der Waals surface area contributed by atoms with Crippen molar-refractivity contribution in [1.82, 2.24) is 0 Å². The first-order valence-corrected chi connectivity index (χ1v) is 6.86. The summed E-state index contributed by atoms with van der Waals surface area (Å²) in [6.45, 7) is 1.85. The van der Waals surface area contributed by atoms with Crippen molar-refractivity contribution in [1.29, 1.82) is 0 Å². The van der Waals surface area contributed by atoms with Crippen LogP contribution in [0.4, 0.5) is 13.2 Å². The molecule has 2 aromatic carbocycles. The van der Waals surface area contributed by atoms with Gasteiger partial charge in [-0.15, -0.1) is 0 Å². The summed E-state index contributed by atoms with van der Waals surface area (Å²) >= 11 is 5.31. The highest BCUT2D eigenvalue weighted by Gasteiger charge is 2.32. The van der Waals surface area contributed by atoms with E-state index in [1.165, 1.54) is 0 Å². The molecule has 0 saturated carbocycles. The van der Waals surface area contributed by atoms with Crippen molar-refractivity contribution in [2.45, 2.75) is 13.1 Å². The van der Waals surface area contributed by atoms with Crippen molar-refractivity contribution >= 4 is 17.7 Å². The molecule has 0 fully saturated rings. The summed E-state index contributed by atoms with van der Waals surface area (Å²) in [7, 11) is 0. The Morgan fingerprint density at radius 3 is 2.36 bits per heavy atom. The van der Waals surface area contributed by atoms with E-state index in [-0.39, 0.29) is 0 Å². The van der Waals surface area contributed by atoms with Crippen molar-refractivity contribution in [2.75, 3.05) is 0 Å². The third-order valence-corrected chi connectivity index (χ3v) is 3.20. The maximum Gasteiger partial charge on any atom is 0.426 e. The molecule has 2 aromatic rings. The van der Waals surface area contributed by atoms with Crippen LogP contribution in [0.5, 0.6) is 0 Å². The number of hydrogen-bond acceptors (Lipinski definition) is 0. The van der Waals surface area contributed by atoms with Gasteiger partial charge in [0.05, 0.1) is 0 Å². The maximum absolute atomic E-state index is 12.6. The highest BCUT2D eigenvalue weighted by atomic mass is 35.5. The Balaban J connectivity index is 2.44. The zero-order valence-electron chi connectivity index (χ0n) is 11.7. The van der Waals surface area contributed by atoms with E-state index in [0.717, 1.165) is 17.2 Å². The Morgan fingerprint density at radius 1 is 1.05 bits per heavy atom. The first-order chi connectivity index (χ1) is 10.4. The van der Waals surface area contributed by atoms with Crippen molar-refractivity contribution < 1.29 is 13.2 Å². The lowest BCUT2D eigenvalue weighted by Crippen LogP contribution is -2.06. The van der Waals surface area contributed by atoms with Gasteiger partial charge in [-0.05, 0) is 42.3 Å². The molecule has 0 amide bonds. The number of aryl methyl sites for hydroxylation is 1. The van der Waals surface area contributed by atoms with Gasteiger partial charge in [0.1, 0.15) is 5.03 Å². The monoisotopic (exact) mass is 320 g/mol. The van der Waals surface area contributed by atoms with Crippen molar-refractivity contribution in [3.05, 3.63) is 75.8 Å². The number of rotatable bonds is 1. The molecule has 0 bridgehead atoms. The Kier molecular flexibility index (Phi) is 4.95. The van der Waals surface area contributed by atoms with Gasteiger partial charge in [-0.1, -0.05) is 53.8 Å². The molecule has 22 heavy (non-hydrogen) atoms. The number of alkyl halides is 3. The van der Waals surface area contributed by atoms with E-state index in [1.54, 1.807) is 18.2 Å². The van der Waals surface area contributed by atoms with Crippen molar-refractivity contribution in [3.63, 3.8) is 0 Å². The van der Waals surface area contributed by atoms with Gasteiger partial charge in [-0.25, -0.2) is 0 Å². The second kappa shape index (κ2) is 6.72. The normalized spacial score (nSPS) is 11.8. The van der Waals surface area contributed by atoms with Gasteiger partial charge in [-0.3, -0.25) is 0 Å². The summed E-state index contributed by atoms with van der Waals surface area (Å²) in [5, 5.41) is -1.17. The lowest BCUT2D eigenvalue weighted by molar-refractivity contribution is -0.0836. The van der Waals surface area contributed by atoms with Gasteiger partial charge in [0.15, 0.2) is 0 Å². The van der Waals surface area contributed by atoms with Crippen LogP contribution in [-0.2, 0) is 0 Å². The molecule has 0 atom stereocenters. The van der Waals surface area contributed by atoms with E-state index in [2.05, 4.69) is 11.8 Å². The van der Waals surface area contributed by atoms with E-state index in [4.69, 9.17) is 11.6 Å². The lowest BCUT2D eigenvalue weighted by atomic mass is 10.0. The Bertz CT molecular complexity index is 747. The molecule has 0 saturated heterocycles. The standard InChI is InChI=1S/C18H12ClF3/c1-13-7-9-16(12-17(19)18(20,21)22)15(11-13)10-8-14-5-3-2-4-6-14/h2-7,9,11-12H,1H3. The third kappa shape index (κ3) is 4.41. The van der Waals surface area contributed by atoms with Crippen LogP contribution < -0.4 is 0 Å². The number of benzene rings is 2. The summed E-state index contributed by atoms with van der Waals surface area (Å²) in [5.41, 5.74) is 2.56. The van der Waals surface area contributed by atoms with Crippen LogP contribution in [-0.4, -0.2) is 6.18 Å². The summed E-state index contributed by atoms with van der Waals surface area (Å²) in [4.78, 5) is 0. The van der Waals surface area contributed by atoms with Gasteiger partial charge in [-0.2, -0.15) is 13.2 Å². The SMILES string of the molecule is Cc1ccc(C=C(Cl)C(F)(F)F)c(C#Cc2ccccc2)c1. The first kappa shape index (κ1) is 16.2. The summed E-state index contributed by atoms with van der Waals surface area (Å²) in [6, 6.07) is 14.3. The van der Waals surface area contributed by atoms with E-state index < -0.39 is 11.2 Å². The molecule has 0 N–H and O–H groups in total. The zero-order chi connectivity index (χ0) is 16.2. The second-order valence-electron chi connectivity index (χ2n) is 4.70. The van der Waals surface area contributed by atoms with Gasteiger partial charge >= 0.3 is 6.18 Å². The summed E-state index contributed by atoms with van der Waals surface area (Å²) in [6.07, 6.45) is -3.66. The zero-order valence-corrected chi connectivity index (χ0v) is 12.5. The van der Waals surface area contributed by atoms with E-state index in [1.807, 2.05) is 37.3 Å². The van der Waals surface area contributed by atoms with Gasteiger partial charge in [0.2, 0.25) is 0 Å². The third-order valence-electron chi connectivity index (χ3n) is 2.88. The number of hydrogen-bond donors (Lipinski definition) is 0. The molecule has 0 aromatic heterocycles. The molecule has 2 rings (SSSR count). The van der Waals surface area contributed by atoms with E-state index >= 15 is 0 Å². The van der Waals surface area contributed by atoms with Crippen LogP contribution in [0.1, 0.15) is 22.3 Å². The fraction of sp³-hybridized carbons (Fsp3) is 0.111. The molecular weight excluding hydrogens is 309 g/mol. The molecule has 112 valence electrons. The number of halogens is 4. The highest BCUT2D eigenvalue weighted by Crippen LogP contribution is 2.31. The van der Waals surface area contributed by atoms with Crippen LogP contribution >= 0.6 is 11.6 Å². The van der Waals surface area contributed by atoms with Gasteiger partial charge in [0, 0.05) is 11.1 Å². The maximum atomic E-state index is 12.6. The quantitative estimate of drug-likeness (QED) is 0.605. The molecule has 4 heteroatoms. The van der Waals surface area contributed by atoms with Crippen LogP contribution in [0.3, 0.4) is 0 Å². The van der Waals surface area contributed by atoms with Crippen molar-refractivity contribution in [2.24, 2.45) is 0 Å². The molecule has 0 radical (unpaired) electrons. The van der Waals surface area contributed by atoms with Gasteiger partial charge in [0.25, 0.3) is 0 Å². The minimum atomic E-state index is -4.56. The molecule has 0 spiro atoms. The van der Waals surface area contributed by atoms with E-state index in [9.17, 15) is 13.2 Å². The molecule has 0 aliphatic rings. The van der Waals surface area contributed by atoms with Crippen LogP contribution in [0.25, 0.3) is 6.08 Å². The van der Waals surface area contributed by atoms with Crippen LogP contribution in [0, 0.1) is 18.8 Å². The average molecular weight is 321 g/mol. The fourth-order valence-electron chi connectivity index (χ4n) is 1.78. The lowest BCUT2D eigenvalue weighted by Gasteiger charge is -2.06. The second-order valence-corrected chi connectivity index (χ2v) is 5.10. The van der Waals surface area contributed by atoms with Crippen molar-refractivity contribution in [3.8, 4) is 11.8 Å². The molecule has 0 aliphatic heterocycles. The Morgan fingerprint density at radius 2 is 1.73 bits per heavy atom. The van der Waals surface area contributed by atoms with Gasteiger partial charge < -0.3 is 0 Å². The topological polar surface area (TPSA) is 0 Å². The molecule has 0 unspecified atom stereocenters. The molecular formula is C18H12ClF3. The summed E-state index contributed by atoms with van der Waals surface area (Å²) < 4.78 is 37.7. The Labute approximate surface area is 132 Å². The Hall–Kier alpha value is -2.18. The fourth-order valence-corrected chi connectivity index (χ4v) is 1.90. The van der Waals surface area contributed by atoms with Crippen LogP contribution in [0.15, 0.2) is 53.6 Å². The average Bonchev–Trinajstić information content (AvgIpc) is 2.47. The molecule has 0 nitrogen and oxygen atoms in total. The predicted molar refractivity (Wildman–Crippen MR) is 83.5 cm³/mol. The van der Waals surface area contributed by atoms with E-state index in [0.29, 0.717) is 11.1 Å². The van der Waals surface area contributed by atoms with Crippen LogP contribution in [0.2, 0.25) is 0 Å². The minimum absolute atomic E-state index is 0.344. The first-order valence-electron chi connectivity index (χ1n) is 6.48. The largest absolute Gasteiger partial charge is 0.426 e. The highest BCUT2D eigenvalue weighted by molar-refractivity contribution is 6.32. The molecule has 0 aliphatic carbocycles. The minimum Gasteiger partial charge on any atom is -0.165 e. The summed E-state index contributed by atoms with van der Waals surface area (Å²) in [5.74, 6) is 5.84. The predicted octanol–water partition coefficient (Wildman–Crippen LogP) is 5.54.